The van der Waals surface area contributed by atoms with Crippen LogP contribution in [0.5, 0.6) is 5.75 Å². The van der Waals surface area contributed by atoms with Gasteiger partial charge in [-0.3, -0.25) is 3.97 Å². The van der Waals surface area contributed by atoms with Gasteiger partial charge in [-0.15, -0.1) is 11.3 Å². The summed E-state index contributed by atoms with van der Waals surface area (Å²) in [6, 6.07) is 20.9. The monoisotopic (exact) mass is 486 g/mol. The van der Waals surface area contributed by atoms with Gasteiger partial charge < -0.3 is 9.84 Å². The van der Waals surface area contributed by atoms with Gasteiger partial charge in [0.2, 0.25) is 0 Å². The van der Waals surface area contributed by atoms with E-state index in [1.165, 1.54) is 16.7 Å². The van der Waals surface area contributed by atoms with Crippen LogP contribution in [0.25, 0.3) is 32.6 Å². The van der Waals surface area contributed by atoms with Crippen LogP contribution in [-0.2, 0) is 4.79 Å². The van der Waals surface area contributed by atoms with Crippen molar-refractivity contribution in [3.8, 4) is 27.4 Å². The Labute approximate surface area is 205 Å². The molecule has 0 amide bonds. The van der Waals surface area contributed by atoms with E-state index in [1.807, 2.05) is 36.7 Å². The maximum Gasteiger partial charge on any atom is 0.341 e. The summed E-state index contributed by atoms with van der Waals surface area (Å²) in [6.45, 7) is 3.66. The Bertz CT molecular complexity index is 1470. The lowest BCUT2D eigenvalue weighted by atomic mass is 10.0. The first-order valence-electron chi connectivity index (χ1n) is 10.7. The molecule has 0 radical (unpaired) electrons. The molecule has 2 heterocycles. The fourth-order valence-electron chi connectivity index (χ4n) is 3.82. The van der Waals surface area contributed by atoms with E-state index in [0.717, 1.165) is 31.9 Å². The van der Waals surface area contributed by atoms with Gasteiger partial charge in [-0.25, -0.2) is 9.78 Å². The quantitative estimate of drug-likeness (QED) is 0.267. The molecular formula is C27H22N2O3S2. The average Bonchev–Trinajstić information content (AvgIpc) is 3.47. The summed E-state index contributed by atoms with van der Waals surface area (Å²) in [6.07, 6.45) is 3.97. The third kappa shape index (κ3) is 4.58. The number of aliphatic carboxylic acids is 1. The molecule has 0 spiro atoms. The lowest BCUT2D eigenvalue weighted by Gasteiger charge is -2.10. The van der Waals surface area contributed by atoms with Crippen molar-refractivity contribution < 1.29 is 14.6 Å². The molecule has 34 heavy (non-hydrogen) atoms. The number of carbonyl (C=O) groups is 1. The highest BCUT2D eigenvalue weighted by Gasteiger charge is 2.15. The zero-order valence-corrected chi connectivity index (χ0v) is 20.3. The number of aryl methyl sites for hydroxylation is 2. The molecule has 3 aromatic carbocycles. The van der Waals surface area contributed by atoms with Gasteiger partial charge in [0, 0.05) is 33.6 Å². The molecule has 170 valence electrons. The first-order valence-corrected chi connectivity index (χ1v) is 12.4. The Morgan fingerprint density at radius 3 is 2.56 bits per heavy atom. The van der Waals surface area contributed by atoms with Gasteiger partial charge in [0.1, 0.15) is 10.8 Å². The Balaban J connectivity index is 1.53. The fraction of sp³-hybridized carbons (Fsp3) is 0.111. The molecule has 0 saturated heterocycles. The number of nitrogens with zero attached hydrogens (tertiary/aromatic N) is 2. The maximum absolute atomic E-state index is 10.8. The summed E-state index contributed by atoms with van der Waals surface area (Å²) in [4.78, 5) is 16.4. The molecule has 0 aliphatic rings. The minimum atomic E-state index is -0.989. The van der Waals surface area contributed by atoms with Crippen molar-refractivity contribution >= 4 is 40.2 Å². The number of fused-ring (bicyclic) bond motifs is 1. The van der Waals surface area contributed by atoms with Gasteiger partial charge in [0.25, 0.3) is 0 Å². The number of hydrogen-bond acceptors (Lipinski definition) is 5. The van der Waals surface area contributed by atoms with E-state index in [1.54, 1.807) is 23.3 Å². The van der Waals surface area contributed by atoms with Crippen LogP contribution < -0.4 is 4.74 Å². The Kier molecular flexibility index (Phi) is 6.13. The number of thiazole rings is 1. The van der Waals surface area contributed by atoms with Crippen molar-refractivity contribution in [2.45, 2.75) is 18.7 Å². The average molecular weight is 487 g/mol. The summed E-state index contributed by atoms with van der Waals surface area (Å²) >= 11 is 3.24. The molecule has 0 saturated carbocycles. The number of carboxylic acid groups (broad SMARTS) is 1. The summed E-state index contributed by atoms with van der Waals surface area (Å²) in [5, 5.41) is 13.0. The standard InChI is InChI=1S/C27H22N2O3S2/c1-17-3-5-19(6-4-17)20-7-9-24-22(14-20)23(27-28-11-12-33-27)15-29(24)34-21-8-10-25(18(2)13-21)32-16-26(30)31/h3-15H,16H2,1-2H3,(H,30,31). The Morgan fingerprint density at radius 2 is 1.85 bits per heavy atom. The molecular weight excluding hydrogens is 464 g/mol. The molecule has 0 aliphatic carbocycles. The number of ether oxygens (including phenoxy) is 1. The lowest BCUT2D eigenvalue weighted by molar-refractivity contribution is -0.139. The minimum absolute atomic E-state index is 0.351. The summed E-state index contributed by atoms with van der Waals surface area (Å²) in [7, 11) is 0. The van der Waals surface area contributed by atoms with Crippen LogP contribution >= 0.6 is 23.3 Å². The van der Waals surface area contributed by atoms with E-state index in [9.17, 15) is 4.79 Å². The molecule has 5 nitrogen and oxygen atoms in total. The topological polar surface area (TPSA) is 64.4 Å². The number of benzene rings is 3. The second-order valence-electron chi connectivity index (χ2n) is 8.00. The molecule has 5 rings (SSSR count). The predicted octanol–water partition coefficient (Wildman–Crippen LogP) is 7.07. The van der Waals surface area contributed by atoms with Gasteiger partial charge >= 0.3 is 5.97 Å². The zero-order valence-electron chi connectivity index (χ0n) is 18.7. The fourth-order valence-corrected chi connectivity index (χ4v) is 5.49. The molecule has 0 unspecified atom stereocenters. The molecule has 0 atom stereocenters. The third-order valence-corrected chi connectivity index (χ3v) is 7.29. The molecule has 5 aromatic rings. The van der Waals surface area contributed by atoms with Crippen molar-refractivity contribution in [1.82, 2.24) is 8.96 Å². The van der Waals surface area contributed by atoms with Crippen LogP contribution in [0.4, 0.5) is 0 Å². The van der Waals surface area contributed by atoms with Crippen molar-refractivity contribution in [2.24, 2.45) is 0 Å². The van der Waals surface area contributed by atoms with E-state index < -0.39 is 5.97 Å². The van der Waals surface area contributed by atoms with Crippen LogP contribution in [0.2, 0.25) is 0 Å². The molecule has 2 aromatic heterocycles. The van der Waals surface area contributed by atoms with Crippen molar-refractivity contribution in [1.29, 1.82) is 0 Å². The van der Waals surface area contributed by atoms with E-state index in [2.05, 4.69) is 64.5 Å². The highest BCUT2D eigenvalue weighted by molar-refractivity contribution is 7.98. The van der Waals surface area contributed by atoms with Crippen molar-refractivity contribution in [2.75, 3.05) is 6.61 Å². The van der Waals surface area contributed by atoms with E-state index in [0.29, 0.717) is 5.75 Å². The number of aromatic nitrogens is 2. The Morgan fingerprint density at radius 1 is 1.06 bits per heavy atom. The zero-order chi connectivity index (χ0) is 23.7. The van der Waals surface area contributed by atoms with Crippen LogP contribution in [0.1, 0.15) is 11.1 Å². The van der Waals surface area contributed by atoms with E-state index in [4.69, 9.17) is 9.84 Å². The molecule has 7 heteroatoms. The number of rotatable bonds is 7. The first kappa shape index (κ1) is 22.3. The third-order valence-electron chi connectivity index (χ3n) is 5.52. The van der Waals surface area contributed by atoms with Crippen molar-refractivity contribution in [3.63, 3.8) is 0 Å². The van der Waals surface area contributed by atoms with Gasteiger partial charge in [-0.1, -0.05) is 35.9 Å². The Hall–Kier alpha value is -3.55. The van der Waals surface area contributed by atoms with Gasteiger partial charge in [0.05, 0.1) is 5.52 Å². The predicted molar refractivity (Wildman–Crippen MR) is 139 cm³/mol. The smallest absolute Gasteiger partial charge is 0.341 e. The van der Waals surface area contributed by atoms with Crippen LogP contribution in [0.3, 0.4) is 0 Å². The van der Waals surface area contributed by atoms with Gasteiger partial charge in [-0.2, -0.15) is 0 Å². The normalized spacial score (nSPS) is 11.1. The maximum atomic E-state index is 10.8. The molecule has 0 aliphatic heterocycles. The second-order valence-corrected chi connectivity index (χ2v) is 9.95. The van der Waals surface area contributed by atoms with Crippen LogP contribution in [0.15, 0.2) is 83.3 Å². The number of carboxylic acids is 1. The highest BCUT2D eigenvalue weighted by Crippen LogP contribution is 2.38. The number of hydrogen-bond donors (Lipinski definition) is 1. The minimum Gasteiger partial charge on any atom is -0.482 e. The largest absolute Gasteiger partial charge is 0.482 e. The first-order chi connectivity index (χ1) is 16.5. The second kappa shape index (κ2) is 9.37. The lowest BCUT2D eigenvalue weighted by Crippen LogP contribution is -2.10. The van der Waals surface area contributed by atoms with Gasteiger partial charge in [-0.05, 0) is 72.8 Å². The van der Waals surface area contributed by atoms with E-state index >= 15 is 0 Å². The highest BCUT2D eigenvalue weighted by atomic mass is 32.2. The summed E-state index contributed by atoms with van der Waals surface area (Å²) in [5.74, 6) is -0.410. The van der Waals surface area contributed by atoms with Gasteiger partial charge in [0.15, 0.2) is 6.61 Å². The van der Waals surface area contributed by atoms with E-state index in [-0.39, 0.29) is 6.61 Å². The SMILES string of the molecule is Cc1ccc(-c2ccc3c(c2)c(-c2nccs2)cn3Sc2ccc(OCC(=O)O)c(C)c2)cc1. The summed E-state index contributed by atoms with van der Waals surface area (Å²) < 4.78 is 7.53. The van der Waals surface area contributed by atoms with Crippen molar-refractivity contribution in [3.05, 3.63) is 89.6 Å². The van der Waals surface area contributed by atoms with Crippen LogP contribution in [-0.4, -0.2) is 26.6 Å². The summed E-state index contributed by atoms with van der Waals surface area (Å²) in [5.41, 5.74) is 6.70. The van der Waals surface area contributed by atoms with Crippen LogP contribution in [0, 0.1) is 13.8 Å². The molecule has 0 bridgehead atoms. The molecule has 1 N–H and O–H groups in total. The molecule has 0 fully saturated rings.